The van der Waals surface area contributed by atoms with Crippen molar-refractivity contribution in [2.75, 3.05) is 39.9 Å². The second-order valence-electron chi connectivity index (χ2n) is 5.40. The number of hydrogen-bond donors (Lipinski definition) is 1. The summed E-state index contributed by atoms with van der Waals surface area (Å²) in [4.78, 5) is 2.58. The molecule has 0 aromatic carbocycles. The van der Waals surface area contributed by atoms with Crippen molar-refractivity contribution in [2.24, 2.45) is 11.8 Å². The zero-order chi connectivity index (χ0) is 12.0. The third-order valence-corrected chi connectivity index (χ3v) is 3.59. The van der Waals surface area contributed by atoms with Gasteiger partial charge in [0.1, 0.15) is 0 Å². The van der Waals surface area contributed by atoms with Crippen LogP contribution in [0, 0.1) is 11.8 Å². The van der Waals surface area contributed by atoms with Crippen LogP contribution in [0.15, 0.2) is 0 Å². The van der Waals surface area contributed by atoms with Crippen LogP contribution in [-0.2, 0) is 4.74 Å². The van der Waals surface area contributed by atoms with Crippen LogP contribution in [0.4, 0.5) is 0 Å². The molecule has 2 atom stereocenters. The first-order valence-electron chi connectivity index (χ1n) is 6.58. The van der Waals surface area contributed by atoms with E-state index < -0.39 is 0 Å². The molecule has 0 spiro atoms. The lowest BCUT2D eigenvalue weighted by Gasteiger charge is -2.19. The minimum Gasteiger partial charge on any atom is -0.383 e. The Morgan fingerprint density at radius 1 is 1.38 bits per heavy atom. The zero-order valence-electron chi connectivity index (χ0n) is 11.3. The van der Waals surface area contributed by atoms with Gasteiger partial charge in [-0.25, -0.2) is 0 Å². The van der Waals surface area contributed by atoms with Crippen molar-refractivity contribution >= 4 is 0 Å². The molecule has 0 aliphatic carbocycles. The number of likely N-dealkylation sites (tertiary alicyclic amines) is 1. The van der Waals surface area contributed by atoms with E-state index in [-0.39, 0.29) is 0 Å². The molecule has 3 nitrogen and oxygen atoms in total. The molecule has 1 aliphatic heterocycles. The fourth-order valence-corrected chi connectivity index (χ4v) is 2.39. The lowest BCUT2D eigenvalue weighted by molar-refractivity contribution is 0.170. The number of methoxy groups -OCH3 is 1. The molecule has 3 heteroatoms. The van der Waals surface area contributed by atoms with Gasteiger partial charge in [-0.15, -0.1) is 0 Å². The Balaban J connectivity index is 2.06. The van der Waals surface area contributed by atoms with Gasteiger partial charge in [-0.2, -0.15) is 0 Å². The first-order chi connectivity index (χ1) is 7.63. The molecule has 1 rings (SSSR count). The van der Waals surface area contributed by atoms with Crippen LogP contribution in [0.25, 0.3) is 0 Å². The van der Waals surface area contributed by atoms with Crippen LogP contribution in [0.2, 0.25) is 0 Å². The SMILES string of the molecule is COCC(C)NCCN1CCC(C(C)C)C1. The predicted octanol–water partition coefficient (Wildman–Crippen LogP) is 1.59. The van der Waals surface area contributed by atoms with Gasteiger partial charge < -0.3 is 15.0 Å². The van der Waals surface area contributed by atoms with Gasteiger partial charge >= 0.3 is 0 Å². The largest absolute Gasteiger partial charge is 0.383 e. The van der Waals surface area contributed by atoms with Crippen molar-refractivity contribution in [1.29, 1.82) is 0 Å². The highest BCUT2D eigenvalue weighted by atomic mass is 16.5. The Morgan fingerprint density at radius 3 is 2.69 bits per heavy atom. The summed E-state index contributed by atoms with van der Waals surface area (Å²) in [6, 6.07) is 0.466. The van der Waals surface area contributed by atoms with E-state index in [0.717, 1.165) is 25.0 Å². The topological polar surface area (TPSA) is 24.5 Å². The Morgan fingerprint density at radius 2 is 2.12 bits per heavy atom. The van der Waals surface area contributed by atoms with Crippen molar-refractivity contribution in [2.45, 2.75) is 33.2 Å². The smallest absolute Gasteiger partial charge is 0.0613 e. The van der Waals surface area contributed by atoms with Gasteiger partial charge in [-0.05, 0) is 31.7 Å². The minimum atomic E-state index is 0.466. The van der Waals surface area contributed by atoms with E-state index in [0.29, 0.717) is 6.04 Å². The summed E-state index contributed by atoms with van der Waals surface area (Å²) in [5.74, 6) is 1.75. The molecule has 1 saturated heterocycles. The third kappa shape index (κ3) is 4.81. The van der Waals surface area contributed by atoms with Gasteiger partial charge in [0, 0.05) is 32.8 Å². The molecule has 96 valence electrons. The Bertz CT molecular complexity index is 185. The number of hydrogen-bond acceptors (Lipinski definition) is 3. The Kier molecular flexibility index (Phi) is 6.32. The van der Waals surface area contributed by atoms with E-state index in [4.69, 9.17) is 4.74 Å². The predicted molar refractivity (Wildman–Crippen MR) is 68.7 cm³/mol. The van der Waals surface area contributed by atoms with Crippen LogP contribution < -0.4 is 5.32 Å². The molecule has 0 radical (unpaired) electrons. The second-order valence-corrected chi connectivity index (χ2v) is 5.40. The van der Waals surface area contributed by atoms with Gasteiger partial charge in [0.05, 0.1) is 6.61 Å². The van der Waals surface area contributed by atoms with Gasteiger partial charge in [-0.1, -0.05) is 13.8 Å². The van der Waals surface area contributed by atoms with Crippen LogP contribution in [0.3, 0.4) is 0 Å². The molecular formula is C13H28N2O. The fraction of sp³-hybridized carbons (Fsp3) is 1.00. The average Bonchev–Trinajstić information content (AvgIpc) is 2.67. The highest BCUT2D eigenvalue weighted by Gasteiger charge is 2.24. The summed E-state index contributed by atoms with van der Waals surface area (Å²) in [6.45, 7) is 12.5. The summed E-state index contributed by atoms with van der Waals surface area (Å²) in [6.07, 6.45) is 1.38. The Labute approximate surface area is 101 Å². The molecule has 2 unspecified atom stereocenters. The average molecular weight is 228 g/mol. The van der Waals surface area contributed by atoms with Crippen molar-refractivity contribution in [1.82, 2.24) is 10.2 Å². The first-order valence-corrected chi connectivity index (χ1v) is 6.58. The quantitative estimate of drug-likeness (QED) is 0.716. The molecular weight excluding hydrogens is 200 g/mol. The number of rotatable bonds is 7. The summed E-state index contributed by atoms with van der Waals surface area (Å²) >= 11 is 0. The molecule has 16 heavy (non-hydrogen) atoms. The van der Waals surface area contributed by atoms with E-state index in [2.05, 4.69) is 31.0 Å². The summed E-state index contributed by atoms with van der Waals surface area (Å²) in [5.41, 5.74) is 0. The monoisotopic (exact) mass is 228 g/mol. The minimum absolute atomic E-state index is 0.466. The molecule has 0 saturated carbocycles. The standard InChI is InChI=1S/C13H28N2O/c1-11(2)13-5-7-15(9-13)8-6-14-12(3)10-16-4/h11-14H,5-10H2,1-4H3. The van der Waals surface area contributed by atoms with Crippen molar-refractivity contribution < 1.29 is 4.74 Å². The van der Waals surface area contributed by atoms with Crippen molar-refractivity contribution in [3.8, 4) is 0 Å². The summed E-state index contributed by atoms with van der Waals surface area (Å²) < 4.78 is 5.10. The van der Waals surface area contributed by atoms with Gasteiger partial charge in [-0.3, -0.25) is 0 Å². The van der Waals surface area contributed by atoms with E-state index in [1.807, 2.05) is 0 Å². The molecule has 1 N–H and O–H groups in total. The zero-order valence-corrected chi connectivity index (χ0v) is 11.3. The maximum atomic E-state index is 5.10. The van der Waals surface area contributed by atoms with E-state index >= 15 is 0 Å². The molecule has 1 fully saturated rings. The van der Waals surface area contributed by atoms with Crippen LogP contribution in [0.5, 0.6) is 0 Å². The van der Waals surface area contributed by atoms with Crippen LogP contribution in [-0.4, -0.2) is 50.8 Å². The highest BCUT2D eigenvalue weighted by molar-refractivity contribution is 4.78. The van der Waals surface area contributed by atoms with Gasteiger partial charge in [0.2, 0.25) is 0 Å². The van der Waals surface area contributed by atoms with Crippen molar-refractivity contribution in [3.05, 3.63) is 0 Å². The number of ether oxygens (including phenoxy) is 1. The van der Waals surface area contributed by atoms with E-state index in [1.165, 1.54) is 26.1 Å². The summed E-state index contributed by atoms with van der Waals surface area (Å²) in [5, 5.41) is 3.49. The van der Waals surface area contributed by atoms with Crippen molar-refractivity contribution in [3.63, 3.8) is 0 Å². The van der Waals surface area contributed by atoms with E-state index in [1.54, 1.807) is 7.11 Å². The highest BCUT2D eigenvalue weighted by Crippen LogP contribution is 2.22. The maximum absolute atomic E-state index is 5.10. The maximum Gasteiger partial charge on any atom is 0.0613 e. The molecule has 0 aromatic rings. The van der Waals surface area contributed by atoms with Gasteiger partial charge in [0.15, 0.2) is 0 Å². The van der Waals surface area contributed by atoms with Crippen LogP contribution >= 0.6 is 0 Å². The Hall–Kier alpha value is -0.120. The fourth-order valence-electron chi connectivity index (χ4n) is 2.39. The molecule has 1 heterocycles. The van der Waals surface area contributed by atoms with Crippen LogP contribution in [0.1, 0.15) is 27.2 Å². The lowest BCUT2D eigenvalue weighted by Crippen LogP contribution is -2.37. The lowest BCUT2D eigenvalue weighted by atomic mass is 9.95. The number of nitrogens with zero attached hydrogens (tertiary/aromatic N) is 1. The molecule has 1 aliphatic rings. The number of nitrogens with one attached hydrogen (secondary N) is 1. The normalized spacial score (nSPS) is 24.2. The summed E-state index contributed by atoms with van der Waals surface area (Å²) in [7, 11) is 1.76. The van der Waals surface area contributed by atoms with Gasteiger partial charge in [0.25, 0.3) is 0 Å². The third-order valence-electron chi connectivity index (χ3n) is 3.59. The second kappa shape index (κ2) is 7.25. The molecule has 0 bridgehead atoms. The molecule has 0 amide bonds. The first kappa shape index (κ1) is 13.9. The van der Waals surface area contributed by atoms with E-state index in [9.17, 15) is 0 Å². The molecule has 0 aromatic heterocycles.